The molecule has 0 spiro atoms. The van der Waals surface area contributed by atoms with E-state index in [4.69, 9.17) is 4.74 Å². The number of hydrogen-bond donors (Lipinski definition) is 2. The Bertz CT molecular complexity index is 536. The molecule has 4 rings (SSSR count). The fraction of sp³-hybridized carbons (Fsp3) is 0.957. The van der Waals surface area contributed by atoms with Crippen LogP contribution in [0.2, 0.25) is 0 Å². The molecule has 0 bridgehead atoms. The summed E-state index contributed by atoms with van der Waals surface area (Å²) in [7, 11) is 0. The van der Waals surface area contributed by atoms with Crippen LogP contribution in [0.25, 0.3) is 0 Å². The van der Waals surface area contributed by atoms with Gasteiger partial charge in [0.15, 0.2) is 0 Å². The first-order chi connectivity index (χ1) is 13.5. The van der Waals surface area contributed by atoms with Gasteiger partial charge in [0.1, 0.15) is 0 Å². The van der Waals surface area contributed by atoms with E-state index in [1.54, 1.807) is 0 Å². The number of nitrogens with zero attached hydrogens (tertiary/aromatic N) is 1. The van der Waals surface area contributed by atoms with E-state index in [0.29, 0.717) is 0 Å². The molecule has 28 heavy (non-hydrogen) atoms. The number of nitrogens with one attached hydrogen (secondary N) is 1. The smallest absolute Gasteiger partial charge is 0.310 e. The first-order valence-corrected chi connectivity index (χ1v) is 11.8. The molecule has 0 aromatic rings. The molecule has 1 unspecified atom stereocenters. The van der Waals surface area contributed by atoms with E-state index in [0.717, 1.165) is 89.4 Å². The van der Waals surface area contributed by atoms with Crippen LogP contribution in [0.4, 0.5) is 0 Å². The molecule has 1 heterocycles. The van der Waals surface area contributed by atoms with Gasteiger partial charge in [0, 0.05) is 31.2 Å². The van der Waals surface area contributed by atoms with Crippen molar-refractivity contribution < 1.29 is 14.6 Å². The Kier molecular flexibility index (Phi) is 6.34. The number of ether oxygens (including phenoxy) is 1. The first kappa shape index (κ1) is 20.6. The number of piperidine rings is 1. The quantitative estimate of drug-likeness (QED) is 0.563. The summed E-state index contributed by atoms with van der Waals surface area (Å²) < 4.78 is 6.24. The Hall–Kier alpha value is -0.650. The maximum absolute atomic E-state index is 11.7. The zero-order valence-electron chi connectivity index (χ0n) is 17.8. The second kappa shape index (κ2) is 8.61. The van der Waals surface area contributed by atoms with E-state index in [2.05, 4.69) is 17.1 Å². The van der Waals surface area contributed by atoms with E-state index in [9.17, 15) is 9.90 Å². The number of hydrogen-bond acceptors (Lipinski definition) is 4. The predicted octanol–water partition coefficient (Wildman–Crippen LogP) is 3.53. The molecule has 1 saturated heterocycles. The summed E-state index contributed by atoms with van der Waals surface area (Å²) in [5.41, 5.74) is -0.224. The molecule has 0 radical (unpaired) electrons. The third-order valence-electron chi connectivity index (χ3n) is 8.38. The first-order valence-electron chi connectivity index (χ1n) is 11.8. The van der Waals surface area contributed by atoms with Crippen molar-refractivity contribution in [3.05, 3.63) is 0 Å². The third kappa shape index (κ3) is 4.57. The molecular weight excluding hydrogens is 352 g/mol. The zero-order valence-corrected chi connectivity index (χ0v) is 17.8. The Morgan fingerprint density at radius 2 is 1.93 bits per heavy atom. The lowest BCUT2D eigenvalue weighted by Gasteiger charge is -2.47. The Morgan fingerprint density at radius 1 is 1.18 bits per heavy atom. The Balaban J connectivity index is 1.28. The molecule has 0 aromatic heterocycles. The van der Waals surface area contributed by atoms with Crippen LogP contribution < -0.4 is 5.32 Å². The highest BCUT2D eigenvalue weighted by Crippen LogP contribution is 2.43. The monoisotopic (exact) mass is 392 g/mol. The molecule has 3 aliphatic carbocycles. The minimum Gasteiger partial charge on any atom is -0.481 e. The van der Waals surface area contributed by atoms with Gasteiger partial charge in [-0.1, -0.05) is 26.2 Å². The van der Waals surface area contributed by atoms with Gasteiger partial charge < -0.3 is 20.1 Å². The van der Waals surface area contributed by atoms with Crippen LogP contribution >= 0.6 is 0 Å². The second-order valence-corrected chi connectivity index (χ2v) is 10.4. The van der Waals surface area contributed by atoms with Gasteiger partial charge in [0.25, 0.3) is 0 Å². The number of carboxylic acids is 1. The summed E-state index contributed by atoms with van der Waals surface area (Å²) in [6.07, 6.45) is 11.7. The highest BCUT2D eigenvalue weighted by molar-refractivity contribution is 5.76. The Morgan fingerprint density at radius 3 is 2.43 bits per heavy atom. The van der Waals surface area contributed by atoms with E-state index < -0.39 is 11.4 Å². The standard InChI is InChI=1S/C23H40N2O3/c1-2-19-13-20(19)24-15-22(17-28-14-18-5-3-6-18)9-11-25(12-10-22)16-23(21(26)27)7-4-8-23/h18-20,24H,2-17H2,1H3,(H,26,27)/t19?,20-/m1/s1. The van der Waals surface area contributed by atoms with Crippen molar-refractivity contribution in [2.24, 2.45) is 22.7 Å². The van der Waals surface area contributed by atoms with Gasteiger partial charge in [-0.2, -0.15) is 0 Å². The van der Waals surface area contributed by atoms with Gasteiger partial charge in [-0.05, 0) is 69.9 Å². The van der Waals surface area contributed by atoms with Crippen molar-refractivity contribution in [3.63, 3.8) is 0 Å². The van der Waals surface area contributed by atoms with Gasteiger partial charge in [-0.15, -0.1) is 0 Å². The molecule has 2 N–H and O–H groups in total. The summed E-state index contributed by atoms with van der Waals surface area (Å²) in [6, 6.07) is 0.719. The number of aliphatic carboxylic acids is 1. The summed E-state index contributed by atoms with van der Waals surface area (Å²) in [6.45, 7) is 7.95. The number of rotatable bonds is 11. The topological polar surface area (TPSA) is 61.8 Å². The molecule has 4 fully saturated rings. The molecule has 3 saturated carbocycles. The molecule has 5 heteroatoms. The maximum atomic E-state index is 11.7. The fourth-order valence-corrected chi connectivity index (χ4v) is 5.43. The number of carboxylic acid groups (broad SMARTS) is 1. The van der Waals surface area contributed by atoms with Crippen molar-refractivity contribution in [1.82, 2.24) is 10.2 Å². The molecule has 0 aromatic carbocycles. The fourth-order valence-electron chi connectivity index (χ4n) is 5.43. The van der Waals surface area contributed by atoms with Gasteiger partial charge in [0.2, 0.25) is 0 Å². The zero-order chi connectivity index (χ0) is 19.6. The van der Waals surface area contributed by atoms with Gasteiger partial charge in [-0.25, -0.2) is 0 Å². The average molecular weight is 393 g/mol. The van der Waals surface area contributed by atoms with E-state index in [-0.39, 0.29) is 5.41 Å². The van der Waals surface area contributed by atoms with Crippen LogP contribution in [-0.2, 0) is 9.53 Å². The van der Waals surface area contributed by atoms with Crippen molar-refractivity contribution >= 4 is 5.97 Å². The van der Waals surface area contributed by atoms with Crippen LogP contribution in [0.1, 0.15) is 71.1 Å². The SMILES string of the molecule is CCC1C[C@H]1NCC1(COCC2CCC2)CCN(CC2(C(=O)O)CCC2)CC1. The van der Waals surface area contributed by atoms with E-state index in [1.807, 2.05) is 0 Å². The summed E-state index contributed by atoms with van der Waals surface area (Å²) in [5, 5.41) is 13.5. The molecule has 4 aliphatic rings. The minimum absolute atomic E-state index is 0.233. The highest BCUT2D eigenvalue weighted by Gasteiger charge is 2.47. The lowest BCUT2D eigenvalue weighted by molar-refractivity contribution is -0.157. The van der Waals surface area contributed by atoms with Crippen molar-refractivity contribution in [3.8, 4) is 0 Å². The lowest BCUT2D eigenvalue weighted by Crippen LogP contribution is -2.53. The summed E-state index contributed by atoms with van der Waals surface area (Å²) in [4.78, 5) is 14.2. The molecular formula is C23H40N2O3. The average Bonchev–Trinajstić information content (AvgIpc) is 3.39. The van der Waals surface area contributed by atoms with Gasteiger partial charge >= 0.3 is 5.97 Å². The van der Waals surface area contributed by atoms with Gasteiger partial charge in [-0.3, -0.25) is 4.79 Å². The van der Waals surface area contributed by atoms with Crippen LogP contribution in [0.5, 0.6) is 0 Å². The molecule has 5 nitrogen and oxygen atoms in total. The molecule has 160 valence electrons. The minimum atomic E-state index is -0.583. The lowest BCUT2D eigenvalue weighted by atomic mass is 9.68. The Labute approximate surface area is 170 Å². The molecule has 1 aliphatic heterocycles. The number of likely N-dealkylation sites (tertiary alicyclic amines) is 1. The van der Waals surface area contributed by atoms with Crippen LogP contribution in [0.3, 0.4) is 0 Å². The van der Waals surface area contributed by atoms with E-state index in [1.165, 1.54) is 32.1 Å². The highest BCUT2D eigenvalue weighted by atomic mass is 16.5. The molecule has 0 amide bonds. The third-order valence-corrected chi connectivity index (χ3v) is 8.38. The maximum Gasteiger partial charge on any atom is 0.310 e. The van der Waals surface area contributed by atoms with Crippen molar-refractivity contribution in [2.45, 2.75) is 77.2 Å². The number of carbonyl (C=O) groups is 1. The molecule has 2 atom stereocenters. The van der Waals surface area contributed by atoms with Crippen LogP contribution in [0, 0.1) is 22.7 Å². The summed E-state index contributed by atoms with van der Waals surface area (Å²) >= 11 is 0. The van der Waals surface area contributed by atoms with Gasteiger partial charge in [0.05, 0.1) is 12.0 Å². The van der Waals surface area contributed by atoms with E-state index >= 15 is 0 Å². The predicted molar refractivity (Wildman–Crippen MR) is 110 cm³/mol. The summed E-state index contributed by atoms with van der Waals surface area (Å²) in [5.74, 6) is 1.09. The largest absolute Gasteiger partial charge is 0.481 e. The van der Waals surface area contributed by atoms with Crippen LogP contribution in [-0.4, -0.2) is 61.4 Å². The van der Waals surface area contributed by atoms with Crippen molar-refractivity contribution in [1.29, 1.82) is 0 Å². The second-order valence-electron chi connectivity index (χ2n) is 10.4. The van der Waals surface area contributed by atoms with Crippen molar-refractivity contribution in [2.75, 3.05) is 39.4 Å². The normalized spacial score (nSPS) is 31.8. The van der Waals surface area contributed by atoms with Crippen LogP contribution in [0.15, 0.2) is 0 Å².